The highest BCUT2D eigenvalue weighted by molar-refractivity contribution is 9.10. The fourth-order valence-electron chi connectivity index (χ4n) is 2.49. The van der Waals surface area contributed by atoms with Crippen molar-refractivity contribution in [2.75, 3.05) is 6.54 Å². The van der Waals surface area contributed by atoms with E-state index in [1.54, 1.807) is 0 Å². The van der Waals surface area contributed by atoms with E-state index in [9.17, 15) is 4.79 Å². The van der Waals surface area contributed by atoms with Crippen molar-refractivity contribution < 1.29 is 4.79 Å². The average Bonchev–Trinajstić information content (AvgIpc) is 2.33. The van der Waals surface area contributed by atoms with Gasteiger partial charge >= 0.3 is 0 Å². The zero-order valence-electron chi connectivity index (χ0n) is 10.2. The van der Waals surface area contributed by atoms with Crippen molar-refractivity contribution in [3.05, 3.63) is 33.3 Å². The van der Waals surface area contributed by atoms with Crippen LogP contribution in [0, 0.1) is 0 Å². The van der Waals surface area contributed by atoms with E-state index < -0.39 is 0 Å². The second kappa shape index (κ2) is 5.59. The molecule has 1 amide bonds. The van der Waals surface area contributed by atoms with E-state index in [0.29, 0.717) is 18.0 Å². The zero-order chi connectivity index (χ0) is 13.3. The van der Waals surface area contributed by atoms with Gasteiger partial charge in [-0.05, 0) is 31.0 Å². The van der Waals surface area contributed by atoms with Crippen LogP contribution in [0.3, 0.4) is 0 Å². The standard InChI is InChI=1S/C13H16BrClN2O/c1-2-17-12(18)6-5-11(16)13(17)9-4-3-8(15)7-10(9)14/h3-4,7,11,13H,2,5-6,16H2,1H3. The first-order valence-electron chi connectivity index (χ1n) is 6.04. The Morgan fingerprint density at radius 3 is 2.89 bits per heavy atom. The number of nitrogens with zero attached hydrogens (tertiary/aromatic N) is 1. The lowest BCUT2D eigenvalue weighted by Gasteiger charge is -2.39. The molecule has 2 atom stereocenters. The van der Waals surface area contributed by atoms with Gasteiger partial charge in [-0.25, -0.2) is 0 Å². The van der Waals surface area contributed by atoms with Gasteiger partial charge in [0.25, 0.3) is 0 Å². The lowest BCUT2D eigenvalue weighted by Crippen LogP contribution is -2.48. The first kappa shape index (κ1) is 13.8. The van der Waals surface area contributed by atoms with Crippen molar-refractivity contribution in [3.8, 4) is 0 Å². The number of piperidine rings is 1. The van der Waals surface area contributed by atoms with Crippen LogP contribution in [0.15, 0.2) is 22.7 Å². The van der Waals surface area contributed by atoms with Gasteiger partial charge in [0.1, 0.15) is 0 Å². The van der Waals surface area contributed by atoms with Gasteiger partial charge in [-0.15, -0.1) is 0 Å². The molecule has 2 rings (SSSR count). The molecule has 18 heavy (non-hydrogen) atoms. The highest BCUT2D eigenvalue weighted by atomic mass is 79.9. The summed E-state index contributed by atoms with van der Waals surface area (Å²) in [5, 5.41) is 0.671. The number of carbonyl (C=O) groups is 1. The molecule has 5 heteroatoms. The SMILES string of the molecule is CCN1C(=O)CCC(N)C1c1ccc(Cl)cc1Br. The molecular formula is C13H16BrClN2O. The van der Waals surface area contributed by atoms with Crippen LogP contribution in [0.5, 0.6) is 0 Å². The Labute approximate surface area is 120 Å². The van der Waals surface area contributed by atoms with E-state index in [4.69, 9.17) is 17.3 Å². The molecule has 0 spiro atoms. The van der Waals surface area contributed by atoms with Crippen LogP contribution in [0.4, 0.5) is 0 Å². The van der Waals surface area contributed by atoms with E-state index in [2.05, 4.69) is 15.9 Å². The van der Waals surface area contributed by atoms with Gasteiger partial charge in [0.15, 0.2) is 0 Å². The molecule has 1 saturated heterocycles. The summed E-state index contributed by atoms with van der Waals surface area (Å²) in [4.78, 5) is 13.8. The van der Waals surface area contributed by atoms with Crippen LogP contribution in [0.25, 0.3) is 0 Å². The van der Waals surface area contributed by atoms with Gasteiger partial charge in [-0.2, -0.15) is 0 Å². The Bertz CT molecular complexity index is 466. The summed E-state index contributed by atoms with van der Waals surface area (Å²) < 4.78 is 0.906. The molecule has 1 heterocycles. The number of likely N-dealkylation sites (tertiary alicyclic amines) is 1. The van der Waals surface area contributed by atoms with Crippen LogP contribution in [-0.4, -0.2) is 23.4 Å². The molecule has 1 aromatic carbocycles. The van der Waals surface area contributed by atoms with Crippen molar-refractivity contribution in [1.82, 2.24) is 4.90 Å². The Balaban J connectivity index is 2.41. The number of halogens is 2. The Hall–Kier alpha value is -0.580. The summed E-state index contributed by atoms with van der Waals surface area (Å²) in [5.74, 6) is 0.172. The zero-order valence-corrected chi connectivity index (χ0v) is 12.5. The Kier molecular flexibility index (Phi) is 4.30. The third-order valence-corrected chi connectivity index (χ3v) is 4.30. The number of carbonyl (C=O) groups excluding carboxylic acids is 1. The average molecular weight is 332 g/mol. The number of likely N-dealkylation sites (N-methyl/N-ethyl adjacent to an activating group) is 1. The number of hydrogen-bond acceptors (Lipinski definition) is 2. The van der Waals surface area contributed by atoms with E-state index in [1.165, 1.54) is 0 Å². The molecule has 0 aromatic heterocycles. The number of rotatable bonds is 2. The first-order valence-corrected chi connectivity index (χ1v) is 7.21. The van der Waals surface area contributed by atoms with Crippen LogP contribution in [-0.2, 0) is 4.79 Å². The van der Waals surface area contributed by atoms with Gasteiger partial charge in [0.05, 0.1) is 6.04 Å². The molecule has 0 bridgehead atoms. The van der Waals surface area contributed by atoms with Gasteiger partial charge in [-0.1, -0.05) is 33.6 Å². The molecule has 1 aromatic rings. The fraction of sp³-hybridized carbons (Fsp3) is 0.462. The summed E-state index contributed by atoms with van der Waals surface area (Å²) in [7, 11) is 0. The summed E-state index contributed by atoms with van der Waals surface area (Å²) in [5.41, 5.74) is 7.23. The van der Waals surface area contributed by atoms with Crippen LogP contribution in [0.1, 0.15) is 31.4 Å². The largest absolute Gasteiger partial charge is 0.334 e. The lowest BCUT2D eigenvalue weighted by molar-refractivity contribution is -0.137. The number of benzene rings is 1. The first-order chi connectivity index (χ1) is 8.54. The second-order valence-corrected chi connectivity index (χ2v) is 5.78. The third-order valence-electron chi connectivity index (χ3n) is 3.38. The van der Waals surface area contributed by atoms with E-state index in [1.807, 2.05) is 30.0 Å². The quantitative estimate of drug-likeness (QED) is 0.905. The predicted molar refractivity (Wildman–Crippen MR) is 76.5 cm³/mol. The van der Waals surface area contributed by atoms with Crippen molar-refractivity contribution >= 4 is 33.4 Å². The van der Waals surface area contributed by atoms with Crippen molar-refractivity contribution in [1.29, 1.82) is 0 Å². The molecule has 1 fully saturated rings. The smallest absolute Gasteiger partial charge is 0.223 e. The molecule has 98 valence electrons. The van der Waals surface area contributed by atoms with Gasteiger partial charge < -0.3 is 10.6 Å². The second-order valence-electron chi connectivity index (χ2n) is 4.49. The van der Waals surface area contributed by atoms with Gasteiger partial charge in [-0.3, -0.25) is 4.79 Å². The summed E-state index contributed by atoms with van der Waals surface area (Å²) in [6.07, 6.45) is 1.27. The summed E-state index contributed by atoms with van der Waals surface area (Å²) in [6, 6.07) is 5.53. The topological polar surface area (TPSA) is 46.3 Å². The lowest BCUT2D eigenvalue weighted by atomic mass is 9.90. The monoisotopic (exact) mass is 330 g/mol. The van der Waals surface area contributed by atoms with Crippen LogP contribution < -0.4 is 5.73 Å². The van der Waals surface area contributed by atoms with Crippen molar-refractivity contribution in [3.63, 3.8) is 0 Å². The minimum Gasteiger partial charge on any atom is -0.334 e. The molecular weight excluding hydrogens is 316 g/mol. The highest BCUT2D eigenvalue weighted by Crippen LogP contribution is 2.35. The maximum absolute atomic E-state index is 12.0. The van der Waals surface area contributed by atoms with E-state index in [-0.39, 0.29) is 18.0 Å². The van der Waals surface area contributed by atoms with Crippen molar-refractivity contribution in [2.45, 2.75) is 31.8 Å². The molecule has 2 unspecified atom stereocenters. The number of nitrogens with two attached hydrogens (primary N) is 1. The molecule has 0 saturated carbocycles. The summed E-state index contributed by atoms with van der Waals surface area (Å²) >= 11 is 9.46. The predicted octanol–water partition coefficient (Wildman–Crippen LogP) is 3.11. The maximum Gasteiger partial charge on any atom is 0.223 e. The third kappa shape index (κ3) is 2.56. The van der Waals surface area contributed by atoms with E-state index >= 15 is 0 Å². The minimum absolute atomic E-state index is 0.0277. The molecule has 2 N–H and O–H groups in total. The Morgan fingerprint density at radius 1 is 1.56 bits per heavy atom. The molecule has 1 aliphatic heterocycles. The molecule has 0 radical (unpaired) electrons. The van der Waals surface area contributed by atoms with Crippen LogP contribution in [0.2, 0.25) is 5.02 Å². The minimum atomic E-state index is -0.0668. The molecule has 3 nitrogen and oxygen atoms in total. The maximum atomic E-state index is 12.0. The number of amides is 1. The summed E-state index contributed by atoms with van der Waals surface area (Å²) in [6.45, 7) is 2.65. The van der Waals surface area contributed by atoms with Crippen molar-refractivity contribution in [2.24, 2.45) is 5.73 Å². The Morgan fingerprint density at radius 2 is 2.28 bits per heavy atom. The van der Waals surface area contributed by atoms with Crippen LogP contribution >= 0.6 is 27.5 Å². The van der Waals surface area contributed by atoms with Gasteiger partial charge in [0.2, 0.25) is 5.91 Å². The highest BCUT2D eigenvalue weighted by Gasteiger charge is 2.34. The van der Waals surface area contributed by atoms with Gasteiger partial charge in [0, 0.05) is 28.5 Å². The molecule has 0 aliphatic carbocycles. The number of hydrogen-bond donors (Lipinski definition) is 1. The van der Waals surface area contributed by atoms with E-state index in [0.717, 1.165) is 16.5 Å². The normalized spacial score (nSPS) is 24.4. The fourth-order valence-corrected chi connectivity index (χ4v) is 3.41. The molecule has 1 aliphatic rings.